The minimum Gasteiger partial charge on any atom is -0.347 e. The van der Waals surface area contributed by atoms with Gasteiger partial charge in [-0.1, -0.05) is 6.07 Å². The normalized spacial score (nSPS) is 11.7. The lowest BCUT2D eigenvalue weighted by Crippen LogP contribution is -2.25. The van der Waals surface area contributed by atoms with Crippen LogP contribution in [0.4, 0.5) is 4.39 Å². The highest BCUT2D eigenvalue weighted by atomic mass is 32.2. The molecule has 4 N–H and O–H groups in total. The van der Waals surface area contributed by atoms with E-state index in [0.717, 1.165) is 6.07 Å². The molecular formula is C11H13FN4O2S. The van der Waals surface area contributed by atoms with E-state index < -0.39 is 15.8 Å². The van der Waals surface area contributed by atoms with Crippen molar-refractivity contribution in [1.82, 2.24) is 14.7 Å². The highest BCUT2D eigenvalue weighted by Gasteiger charge is 2.18. The number of hydrogen-bond acceptors (Lipinski definition) is 4. The molecule has 0 aliphatic heterocycles. The molecule has 1 heterocycles. The van der Waals surface area contributed by atoms with Crippen molar-refractivity contribution >= 4 is 10.0 Å². The van der Waals surface area contributed by atoms with Crippen LogP contribution in [0.5, 0.6) is 0 Å². The molecule has 1 aromatic heterocycles. The van der Waals surface area contributed by atoms with Crippen molar-refractivity contribution in [2.75, 3.05) is 0 Å². The van der Waals surface area contributed by atoms with E-state index in [4.69, 9.17) is 5.73 Å². The maximum absolute atomic E-state index is 13.2. The van der Waals surface area contributed by atoms with Gasteiger partial charge in [-0.25, -0.2) is 22.5 Å². The van der Waals surface area contributed by atoms with E-state index >= 15 is 0 Å². The van der Waals surface area contributed by atoms with Crippen molar-refractivity contribution in [2.24, 2.45) is 5.73 Å². The maximum Gasteiger partial charge on any atom is 0.241 e. The molecule has 0 bridgehead atoms. The number of H-pyrrole nitrogens is 1. The minimum atomic E-state index is -3.83. The molecule has 19 heavy (non-hydrogen) atoms. The van der Waals surface area contributed by atoms with Gasteiger partial charge < -0.3 is 10.7 Å². The van der Waals surface area contributed by atoms with Gasteiger partial charge in [0, 0.05) is 18.9 Å². The molecule has 2 aromatic rings. The van der Waals surface area contributed by atoms with Crippen LogP contribution < -0.4 is 10.5 Å². The van der Waals surface area contributed by atoms with Crippen LogP contribution in [0.15, 0.2) is 35.5 Å². The second kappa shape index (κ2) is 5.47. The van der Waals surface area contributed by atoms with Crippen molar-refractivity contribution in [3.63, 3.8) is 0 Å². The van der Waals surface area contributed by atoms with Crippen molar-refractivity contribution < 1.29 is 12.8 Å². The number of aromatic nitrogens is 2. The molecule has 6 nitrogen and oxygen atoms in total. The maximum atomic E-state index is 13.2. The third kappa shape index (κ3) is 3.16. The van der Waals surface area contributed by atoms with Crippen LogP contribution in [0, 0.1) is 5.82 Å². The highest BCUT2D eigenvalue weighted by molar-refractivity contribution is 7.89. The molecular weight excluding hydrogens is 271 g/mol. The van der Waals surface area contributed by atoms with E-state index in [0.29, 0.717) is 11.4 Å². The first-order chi connectivity index (χ1) is 9.03. The second-order valence-corrected chi connectivity index (χ2v) is 5.55. The Bertz CT molecular complexity index is 655. The van der Waals surface area contributed by atoms with Crippen LogP contribution in [0.1, 0.15) is 11.4 Å². The number of imidazole rings is 1. The lowest BCUT2D eigenvalue weighted by atomic mass is 10.2. The molecule has 0 amide bonds. The van der Waals surface area contributed by atoms with Gasteiger partial charge in [-0.2, -0.15) is 0 Å². The molecule has 102 valence electrons. The average Bonchev–Trinajstić information content (AvgIpc) is 2.89. The minimum absolute atomic E-state index is 0.00411. The molecule has 0 atom stereocenters. The van der Waals surface area contributed by atoms with Crippen molar-refractivity contribution in [2.45, 2.75) is 18.0 Å². The predicted octanol–water partition coefficient (Wildman–Crippen LogP) is 0.486. The predicted molar refractivity (Wildman–Crippen MR) is 66.9 cm³/mol. The summed E-state index contributed by atoms with van der Waals surface area (Å²) in [7, 11) is -3.83. The number of nitrogens with two attached hydrogens (primary N) is 1. The molecule has 0 unspecified atom stereocenters. The van der Waals surface area contributed by atoms with Gasteiger partial charge in [-0.3, -0.25) is 0 Å². The number of nitrogens with one attached hydrogen (secondary N) is 2. The zero-order chi connectivity index (χ0) is 13.9. The van der Waals surface area contributed by atoms with E-state index in [2.05, 4.69) is 14.7 Å². The van der Waals surface area contributed by atoms with Gasteiger partial charge in [0.1, 0.15) is 11.6 Å². The van der Waals surface area contributed by atoms with Gasteiger partial charge >= 0.3 is 0 Å². The summed E-state index contributed by atoms with van der Waals surface area (Å²) in [6, 6.07) is 3.48. The largest absolute Gasteiger partial charge is 0.347 e. The summed E-state index contributed by atoms with van der Waals surface area (Å²) in [6.07, 6.45) is 3.09. The second-order valence-electron chi connectivity index (χ2n) is 3.82. The number of nitrogens with zero attached hydrogens (tertiary/aromatic N) is 1. The van der Waals surface area contributed by atoms with Gasteiger partial charge in [-0.15, -0.1) is 0 Å². The third-order valence-corrected chi connectivity index (χ3v) is 4.01. The molecule has 8 heteroatoms. The van der Waals surface area contributed by atoms with Crippen LogP contribution >= 0.6 is 0 Å². The molecule has 0 fully saturated rings. The summed E-state index contributed by atoms with van der Waals surface area (Å²) in [4.78, 5) is 6.50. The van der Waals surface area contributed by atoms with Crippen LogP contribution in [-0.2, 0) is 23.1 Å². The van der Waals surface area contributed by atoms with Crippen LogP contribution in [0.25, 0.3) is 0 Å². The quantitative estimate of drug-likeness (QED) is 0.743. The Morgan fingerprint density at radius 3 is 2.84 bits per heavy atom. The molecule has 0 radical (unpaired) electrons. The first-order valence-corrected chi connectivity index (χ1v) is 6.97. The lowest BCUT2D eigenvalue weighted by molar-refractivity contribution is 0.574. The van der Waals surface area contributed by atoms with Crippen molar-refractivity contribution in [3.8, 4) is 0 Å². The third-order valence-electron chi connectivity index (χ3n) is 2.52. The molecule has 0 aliphatic rings. The zero-order valence-electron chi connectivity index (χ0n) is 9.93. The van der Waals surface area contributed by atoms with Crippen LogP contribution in [0.3, 0.4) is 0 Å². The number of benzene rings is 1. The Morgan fingerprint density at radius 1 is 1.42 bits per heavy atom. The first kappa shape index (κ1) is 13.7. The summed E-state index contributed by atoms with van der Waals surface area (Å²) in [6.45, 7) is 0.00708. The first-order valence-electron chi connectivity index (χ1n) is 5.49. The molecule has 0 spiro atoms. The van der Waals surface area contributed by atoms with E-state index in [1.807, 2.05) is 0 Å². The number of rotatable bonds is 5. The summed E-state index contributed by atoms with van der Waals surface area (Å²) >= 11 is 0. The Labute approximate surface area is 109 Å². The van der Waals surface area contributed by atoms with E-state index in [9.17, 15) is 12.8 Å². The van der Waals surface area contributed by atoms with Gasteiger partial charge in [0.25, 0.3) is 0 Å². The zero-order valence-corrected chi connectivity index (χ0v) is 10.7. The Balaban J connectivity index is 2.26. The number of hydrogen-bond donors (Lipinski definition) is 3. The summed E-state index contributed by atoms with van der Waals surface area (Å²) < 4.78 is 39.7. The average molecular weight is 284 g/mol. The van der Waals surface area contributed by atoms with E-state index in [-0.39, 0.29) is 18.0 Å². The van der Waals surface area contributed by atoms with Crippen molar-refractivity contribution in [3.05, 3.63) is 47.8 Å². The monoisotopic (exact) mass is 284 g/mol. The topological polar surface area (TPSA) is 101 Å². The summed E-state index contributed by atoms with van der Waals surface area (Å²) in [5.41, 5.74) is 5.81. The fraction of sp³-hybridized carbons (Fsp3) is 0.182. The Kier molecular flexibility index (Phi) is 3.93. The molecule has 0 saturated heterocycles. The van der Waals surface area contributed by atoms with Crippen LogP contribution in [0.2, 0.25) is 0 Å². The van der Waals surface area contributed by atoms with Gasteiger partial charge in [0.05, 0.1) is 11.4 Å². The molecule has 2 rings (SSSR count). The number of halogens is 1. The SMILES string of the molecule is NCc1ccc(F)cc1S(=O)(=O)NCc1ncc[nH]1. The lowest BCUT2D eigenvalue weighted by Gasteiger charge is -2.09. The smallest absolute Gasteiger partial charge is 0.241 e. The fourth-order valence-corrected chi connectivity index (χ4v) is 2.83. The number of sulfonamides is 1. The van der Waals surface area contributed by atoms with Crippen molar-refractivity contribution in [1.29, 1.82) is 0 Å². The molecule has 0 saturated carbocycles. The highest BCUT2D eigenvalue weighted by Crippen LogP contribution is 2.17. The Hall–Kier alpha value is -1.77. The number of aromatic amines is 1. The molecule has 1 aromatic carbocycles. The van der Waals surface area contributed by atoms with Gasteiger partial charge in [-0.05, 0) is 17.7 Å². The summed E-state index contributed by atoms with van der Waals surface area (Å²) in [5.74, 6) is -0.162. The fourth-order valence-electron chi connectivity index (χ4n) is 1.58. The Morgan fingerprint density at radius 2 is 2.21 bits per heavy atom. The standard InChI is InChI=1S/C11H13FN4O2S/c12-9-2-1-8(6-13)10(5-9)19(17,18)16-7-11-14-3-4-15-11/h1-5,16H,6-7,13H2,(H,14,15). The van der Waals surface area contributed by atoms with E-state index in [1.165, 1.54) is 18.3 Å². The van der Waals surface area contributed by atoms with Gasteiger partial charge in [0.2, 0.25) is 10.0 Å². The van der Waals surface area contributed by atoms with E-state index in [1.54, 1.807) is 6.20 Å². The van der Waals surface area contributed by atoms with Gasteiger partial charge in [0.15, 0.2) is 0 Å². The van der Waals surface area contributed by atoms with Crippen LogP contribution in [-0.4, -0.2) is 18.4 Å². The summed E-state index contributed by atoms with van der Waals surface area (Å²) in [5, 5.41) is 0. The molecule has 0 aliphatic carbocycles.